The molecule has 0 fully saturated rings. The fourth-order valence-corrected chi connectivity index (χ4v) is 0.757. The van der Waals surface area contributed by atoms with Crippen molar-refractivity contribution in [3.05, 3.63) is 35.9 Å². The average molecular weight is 154 g/mol. The minimum atomic E-state index is 0.865. The highest BCUT2D eigenvalue weighted by Crippen LogP contribution is 1.93. The van der Waals surface area contributed by atoms with Gasteiger partial charge in [0.25, 0.3) is 0 Å². The van der Waals surface area contributed by atoms with Crippen LogP contribution in [0.2, 0.25) is 0 Å². The zero-order chi connectivity index (χ0) is 8.65. The number of hydrogen-bond acceptors (Lipinski definition) is 0. The van der Waals surface area contributed by atoms with Crippen LogP contribution < -0.4 is 0 Å². The van der Waals surface area contributed by atoms with Crippen LogP contribution in [0.15, 0.2) is 30.3 Å². The van der Waals surface area contributed by atoms with Gasteiger partial charge in [0.05, 0.1) is 0 Å². The molecule has 0 heteroatoms. The van der Waals surface area contributed by atoms with E-state index in [1.54, 1.807) is 0 Å². The molecule has 0 N–H and O–H groups in total. The van der Waals surface area contributed by atoms with Gasteiger partial charge in [-0.15, -0.1) is 0 Å². The van der Waals surface area contributed by atoms with Gasteiger partial charge in [0.2, 0.25) is 0 Å². The molecule has 1 aromatic rings. The molecular formula is C12H10. The predicted octanol–water partition coefficient (Wildman–Crippen LogP) is 2.45. The topological polar surface area (TPSA) is 0 Å². The maximum absolute atomic E-state index is 2.96. The van der Waals surface area contributed by atoms with Crippen LogP contribution in [0.1, 0.15) is 18.9 Å². The Labute approximate surface area is 73.6 Å². The maximum Gasteiger partial charge on any atom is 0.0255 e. The Morgan fingerprint density at radius 1 is 1.08 bits per heavy atom. The van der Waals surface area contributed by atoms with Crippen molar-refractivity contribution < 1.29 is 0 Å². The second-order valence-corrected chi connectivity index (χ2v) is 2.27. The first kappa shape index (κ1) is 8.44. The van der Waals surface area contributed by atoms with Crippen LogP contribution in [-0.4, -0.2) is 0 Å². The van der Waals surface area contributed by atoms with Gasteiger partial charge in [0.1, 0.15) is 0 Å². The van der Waals surface area contributed by atoms with Crippen molar-refractivity contribution in [1.29, 1.82) is 0 Å². The summed E-state index contributed by atoms with van der Waals surface area (Å²) < 4.78 is 0. The first-order valence-electron chi connectivity index (χ1n) is 3.97. The molecule has 0 saturated carbocycles. The molecule has 0 aromatic heterocycles. The third-order valence-electron chi connectivity index (χ3n) is 1.31. The van der Waals surface area contributed by atoms with Crippen LogP contribution in [0.3, 0.4) is 0 Å². The quantitative estimate of drug-likeness (QED) is 0.503. The van der Waals surface area contributed by atoms with Gasteiger partial charge in [-0.25, -0.2) is 0 Å². The molecule has 12 heavy (non-hydrogen) atoms. The van der Waals surface area contributed by atoms with Crippen LogP contribution in [0.5, 0.6) is 0 Å². The summed E-state index contributed by atoms with van der Waals surface area (Å²) in [6.07, 6.45) is 0.865. The van der Waals surface area contributed by atoms with Gasteiger partial charge in [0.15, 0.2) is 0 Å². The standard InChI is InChI=1S/C12H10/c1-2-3-4-6-9-12-10-7-5-8-11-12/h5,7-8,10-11H,2H2,1H3. The smallest absolute Gasteiger partial charge is 0.0255 e. The van der Waals surface area contributed by atoms with Crippen molar-refractivity contribution in [2.75, 3.05) is 0 Å². The monoisotopic (exact) mass is 154 g/mol. The zero-order valence-electron chi connectivity index (χ0n) is 7.09. The first-order chi connectivity index (χ1) is 5.93. The van der Waals surface area contributed by atoms with Gasteiger partial charge in [-0.1, -0.05) is 37.0 Å². The molecule has 0 saturated heterocycles. The van der Waals surface area contributed by atoms with E-state index in [9.17, 15) is 0 Å². The lowest BCUT2D eigenvalue weighted by Gasteiger charge is -1.83. The van der Waals surface area contributed by atoms with Crippen LogP contribution in [0.25, 0.3) is 0 Å². The molecule has 0 bridgehead atoms. The van der Waals surface area contributed by atoms with Gasteiger partial charge < -0.3 is 0 Å². The van der Waals surface area contributed by atoms with E-state index in [1.165, 1.54) is 0 Å². The van der Waals surface area contributed by atoms with E-state index in [1.807, 2.05) is 37.3 Å². The summed E-state index contributed by atoms with van der Waals surface area (Å²) in [6, 6.07) is 9.86. The maximum atomic E-state index is 2.96. The normalized spacial score (nSPS) is 7.42. The molecule has 58 valence electrons. The summed E-state index contributed by atoms with van der Waals surface area (Å²) in [7, 11) is 0. The van der Waals surface area contributed by atoms with E-state index in [0.717, 1.165) is 12.0 Å². The van der Waals surface area contributed by atoms with E-state index in [0.29, 0.717) is 0 Å². The molecule has 0 spiro atoms. The molecule has 1 rings (SSSR count). The molecule has 0 heterocycles. The summed E-state index contributed by atoms with van der Waals surface area (Å²) in [4.78, 5) is 0. The zero-order valence-corrected chi connectivity index (χ0v) is 7.09. The van der Waals surface area contributed by atoms with Gasteiger partial charge in [-0.2, -0.15) is 0 Å². The lowest BCUT2D eigenvalue weighted by molar-refractivity contribution is 1.28. The lowest BCUT2D eigenvalue weighted by atomic mass is 10.2. The fourth-order valence-electron chi connectivity index (χ4n) is 0.757. The van der Waals surface area contributed by atoms with Gasteiger partial charge >= 0.3 is 0 Å². The Hall–Kier alpha value is -1.66. The summed E-state index contributed by atoms with van der Waals surface area (Å²) in [5, 5.41) is 0. The van der Waals surface area contributed by atoms with Crippen molar-refractivity contribution >= 4 is 0 Å². The average Bonchev–Trinajstić information content (AvgIpc) is 2.14. The summed E-state index contributed by atoms with van der Waals surface area (Å²) in [6.45, 7) is 2.01. The first-order valence-corrected chi connectivity index (χ1v) is 3.97. The van der Waals surface area contributed by atoms with E-state index < -0.39 is 0 Å². The van der Waals surface area contributed by atoms with Crippen LogP contribution in [-0.2, 0) is 0 Å². The van der Waals surface area contributed by atoms with E-state index in [2.05, 4.69) is 23.7 Å². The highest BCUT2D eigenvalue weighted by Gasteiger charge is 1.78. The van der Waals surface area contributed by atoms with Crippen molar-refractivity contribution in [2.45, 2.75) is 13.3 Å². The number of hydrogen-bond donors (Lipinski definition) is 0. The minimum absolute atomic E-state index is 0.865. The minimum Gasteiger partial charge on any atom is -0.0894 e. The molecule has 0 nitrogen and oxygen atoms in total. The molecule has 1 aromatic carbocycles. The SMILES string of the molecule is CCC#CC#Cc1ccccc1. The summed E-state index contributed by atoms with van der Waals surface area (Å²) in [5.74, 6) is 11.4. The van der Waals surface area contributed by atoms with Crippen LogP contribution in [0.4, 0.5) is 0 Å². The summed E-state index contributed by atoms with van der Waals surface area (Å²) in [5.41, 5.74) is 1.02. The third-order valence-corrected chi connectivity index (χ3v) is 1.31. The Balaban J connectivity index is 2.67. The molecular weight excluding hydrogens is 144 g/mol. The molecule has 0 aliphatic rings. The Kier molecular flexibility index (Phi) is 3.55. The fraction of sp³-hybridized carbons (Fsp3) is 0.167. The second kappa shape index (κ2) is 5.05. The molecule has 0 aliphatic carbocycles. The Morgan fingerprint density at radius 2 is 1.83 bits per heavy atom. The Bertz CT molecular complexity index is 338. The van der Waals surface area contributed by atoms with Crippen molar-refractivity contribution in [1.82, 2.24) is 0 Å². The largest absolute Gasteiger partial charge is 0.0894 e. The van der Waals surface area contributed by atoms with E-state index in [-0.39, 0.29) is 0 Å². The Morgan fingerprint density at radius 3 is 2.50 bits per heavy atom. The van der Waals surface area contributed by atoms with Gasteiger partial charge in [-0.3, -0.25) is 0 Å². The lowest BCUT2D eigenvalue weighted by Crippen LogP contribution is -1.68. The molecule has 0 aliphatic heterocycles. The van der Waals surface area contributed by atoms with E-state index in [4.69, 9.17) is 0 Å². The molecule has 0 amide bonds. The van der Waals surface area contributed by atoms with Crippen molar-refractivity contribution in [2.24, 2.45) is 0 Å². The molecule has 0 unspecified atom stereocenters. The van der Waals surface area contributed by atoms with Crippen molar-refractivity contribution in [3.8, 4) is 23.7 Å². The number of rotatable bonds is 0. The summed E-state index contributed by atoms with van der Waals surface area (Å²) >= 11 is 0. The highest BCUT2D eigenvalue weighted by atomic mass is 13.8. The third kappa shape index (κ3) is 2.95. The van der Waals surface area contributed by atoms with Crippen LogP contribution >= 0.6 is 0 Å². The van der Waals surface area contributed by atoms with Crippen LogP contribution in [0, 0.1) is 23.7 Å². The number of benzene rings is 1. The van der Waals surface area contributed by atoms with Gasteiger partial charge in [0, 0.05) is 12.0 Å². The molecule has 0 atom stereocenters. The highest BCUT2D eigenvalue weighted by molar-refractivity contribution is 5.39. The molecule has 0 radical (unpaired) electrons. The van der Waals surface area contributed by atoms with Gasteiger partial charge in [-0.05, 0) is 24.0 Å². The van der Waals surface area contributed by atoms with E-state index >= 15 is 0 Å². The predicted molar refractivity (Wildman–Crippen MR) is 51.4 cm³/mol. The van der Waals surface area contributed by atoms with Crippen molar-refractivity contribution in [3.63, 3.8) is 0 Å². The second-order valence-electron chi connectivity index (χ2n) is 2.27.